The number of pyridine rings is 1. The summed E-state index contributed by atoms with van der Waals surface area (Å²) >= 11 is 0. The van der Waals surface area contributed by atoms with Crippen LogP contribution in [0.2, 0.25) is 0 Å². The van der Waals surface area contributed by atoms with Crippen LogP contribution in [0.1, 0.15) is 16.8 Å². The molecule has 0 fully saturated rings. The van der Waals surface area contributed by atoms with E-state index in [0.717, 1.165) is 12.4 Å². The number of anilines is 1. The van der Waals surface area contributed by atoms with Gasteiger partial charge in [-0.2, -0.15) is 0 Å². The third-order valence-electron chi connectivity index (χ3n) is 3.04. The van der Waals surface area contributed by atoms with Crippen molar-refractivity contribution in [3.63, 3.8) is 0 Å². The highest BCUT2D eigenvalue weighted by molar-refractivity contribution is 5.95. The summed E-state index contributed by atoms with van der Waals surface area (Å²) in [6.07, 6.45) is 0. The third-order valence-corrected chi connectivity index (χ3v) is 3.04. The minimum atomic E-state index is 0.00980. The molecule has 0 bridgehead atoms. The molecular weight excluding hydrogens is 252 g/mol. The van der Waals surface area contributed by atoms with E-state index in [1.165, 1.54) is 11.1 Å². The fourth-order valence-electron chi connectivity index (χ4n) is 1.88. The molecule has 0 aliphatic heterocycles. The van der Waals surface area contributed by atoms with Gasteiger partial charge >= 0.3 is 0 Å². The SMILES string of the molecule is Cc1ccc(CN(C)c2cccc(C(N)=NO)n2)cc1. The molecule has 0 saturated heterocycles. The van der Waals surface area contributed by atoms with E-state index in [-0.39, 0.29) is 5.84 Å². The molecule has 0 aliphatic rings. The number of oxime groups is 1. The van der Waals surface area contributed by atoms with Crippen LogP contribution >= 0.6 is 0 Å². The van der Waals surface area contributed by atoms with E-state index in [2.05, 4.69) is 41.3 Å². The predicted molar refractivity (Wildman–Crippen MR) is 80.0 cm³/mol. The molecule has 5 nitrogen and oxygen atoms in total. The Morgan fingerprint density at radius 2 is 1.95 bits per heavy atom. The molecule has 1 aromatic heterocycles. The third kappa shape index (κ3) is 3.26. The lowest BCUT2D eigenvalue weighted by atomic mass is 10.1. The molecule has 104 valence electrons. The van der Waals surface area contributed by atoms with Gasteiger partial charge in [-0.05, 0) is 24.6 Å². The highest BCUT2D eigenvalue weighted by atomic mass is 16.4. The summed E-state index contributed by atoms with van der Waals surface area (Å²) in [5, 5.41) is 11.7. The Morgan fingerprint density at radius 3 is 2.60 bits per heavy atom. The van der Waals surface area contributed by atoms with Gasteiger partial charge in [0.05, 0.1) is 0 Å². The van der Waals surface area contributed by atoms with Crippen LogP contribution in [0, 0.1) is 6.92 Å². The van der Waals surface area contributed by atoms with Crippen molar-refractivity contribution in [1.82, 2.24) is 4.98 Å². The molecule has 0 unspecified atom stereocenters. The molecule has 3 N–H and O–H groups in total. The molecule has 0 spiro atoms. The maximum absolute atomic E-state index is 8.69. The van der Waals surface area contributed by atoms with Crippen molar-refractivity contribution in [3.05, 3.63) is 59.3 Å². The number of aryl methyl sites for hydroxylation is 1. The number of benzene rings is 1. The number of hydrogen-bond acceptors (Lipinski definition) is 4. The highest BCUT2D eigenvalue weighted by Gasteiger charge is 2.07. The predicted octanol–water partition coefficient (Wildman–Crippen LogP) is 2.12. The van der Waals surface area contributed by atoms with Crippen molar-refractivity contribution in [1.29, 1.82) is 0 Å². The zero-order chi connectivity index (χ0) is 14.5. The molecular formula is C15H18N4O. The topological polar surface area (TPSA) is 74.7 Å². The standard InChI is InChI=1S/C15H18N4O/c1-11-6-8-12(9-7-11)10-19(2)14-5-3-4-13(17-14)15(16)18-20/h3-9,20H,10H2,1-2H3,(H2,16,18). The first kappa shape index (κ1) is 13.9. The summed E-state index contributed by atoms with van der Waals surface area (Å²) < 4.78 is 0. The Bertz CT molecular complexity index is 608. The zero-order valence-electron chi connectivity index (χ0n) is 11.6. The summed E-state index contributed by atoms with van der Waals surface area (Å²) in [4.78, 5) is 6.38. The molecule has 0 amide bonds. The van der Waals surface area contributed by atoms with Crippen molar-refractivity contribution in [2.45, 2.75) is 13.5 Å². The van der Waals surface area contributed by atoms with Crippen molar-refractivity contribution in [3.8, 4) is 0 Å². The second-order valence-corrected chi connectivity index (χ2v) is 4.71. The fraction of sp³-hybridized carbons (Fsp3) is 0.200. The van der Waals surface area contributed by atoms with Crippen LogP contribution in [0.15, 0.2) is 47.6 Å². The average Bonchev–Trinajstić information content (AvgIpc) is 2.49. The van der Waals surface area contributed by atoms with Crippen molar-refractivity contribution in [2.24, 2.45) is 10.9 Å². The van der Waals surface area contributed by atoms with E-state index >= 15 is 0 Å². The van der Waals surface area contributed by atoms with Crippen LogP contribution in [0.25, 0.3) is 0 Å². The summed E-state index contributed by atoms with van der Waals surface area (Å²) in [5.74, 6) is 0.783. The average molecular weight is 270 g/mol. The lowest BCUT2D eigenvalue weighted by Crippen LogP contribution is -2.20. The van der Waals surface area contributed by atoms with E-state index in [9.17, 15) is 0 Å². The quantitative estimate of drug-likeness (QED) is 0.386. The Hall–Kier alpha value is -2.56. The molecule has 0 aliphatic carbocycles. The largest absolute Gasteiger partial charge is 0.409 e. The monoisotopic (exact) mass is 270 g/mol. The fourth-order valence-corrected chi connectivity index (χ4v) is 1.88. The van der Waals surface area contributed by atoms with Gasteiger partial charge < -0.3 is 15.8 Å². The smallest absolute Gasteiger partial charge is 0.188 e. The molecule has 5 heteroatoms. The minimum Gasteiger partial charge on any atom is -0.409 e. The summed E-state index contributed by atoms with van der Waals surface area (Å²) in [7, 11) is 1.96. The van der Waals surface area contributed by atoms with Crippen molar-refractivity contribution in [2.75, 3.05) is 11.9 Å². The number of rotatable bonds is 4. The Labute approximate surface area is 118 Å². The molecule has 1 heterocycles. The second-order valence-electron chi connectivity index (χ2n) is 4.71. The van der Waals surface area contributed by atoms with Gasteiger partial charge in [-0.3, -0.25) is 0 Å². The van der Waals surface area contributed by atoms with E-state index in [4.69, 9.17) is 10.9 Å². The molecule has 2 aromatic rings. The maximum atomic E-state index is 8.69. The van der Waals surface area contributed by atoms with Gasteiger partial charge in [-0.15, -0.1) is 0 Å². The number of amidine groups is 1. The van der Waals surface area contributed by atoms with Crippen LogP contribution in [0.3, 0.4) is 0 Å². The first-order valence-electron chi connectivity index (χ1n) is 6.32. The van der Waals surface area contributed by atoms with Crippen molar-refractivity contribution >= 4 is 11.7 Å². The van der Waals surface area contributed by atoms with Gasteiger partial charge in [0.15, 0.2) is 5.84 Å². The minimum absolute atomic E-state index is 0.00980. The van der Waals surface area contributed by atoms with E-state index in [1.54, 1.807) is 6.07 Å². The number of nitrogens with two attached hydrogens (primary N) is 1. The first-order chi connectivity index (χ1) is 9.60. The molecule has 20 heavy (non-hydrogen) atoms. The van der Waals surface area contributed by atoms with Crippen LogP contribution in [0.4, 0.5) is 5.82 Å². The van der Waals surface area contributed by atoms with Crippen LogP contribution < -0.4 is 10.6 Å². The van der Waals surface area contributed by atoms with Gasteiger partial charge in [0.1, 0.15) is 11.5 Å². The summed E-state index contributed by atoms with van der Waals surface area (Å²) in [5.41, 5.74) is 8.45. The van der Waals surface area contributed by atoms with Crippen LogP contribution in [-0.4, -0.2) is 23.1 Å². The van der Waals surface area contributed by atoms with E-state index in [0.29, 0.717) is 5.69 Å². The van der Waals surface area contributed by atoms with E-state index in [1.807, 2.05) is 24.1 Å². The molecule has 2 rings (SSSR count). The van der Waals surface area contributed by atoms with Gasteiger partial charge in [0.2, 0.25) is 0 Å². The van der Waals surface area contributed by atoms with Gasteiger partial charge in [0, 0.05) is 13.6 Å². The lowest BCUT2D eigenvalue weighted by Gasteiger charge is -2.18. The Kier molecular flexibility index (Phi) is 4.20. The van der Waals surface area contributed by atoms with Crippen LogP contribution in [-0.2, 0) is 6.54 Å². The normalized spacial score (nSPS) is 11.4. The van der Waals surface area contributed by atoms with E-state index < -0.39 is 0 Å². The van der Waals surface area contributed by atoms with Gasteiger partial charge in [0.25, 0.3) is 0 Å². The van der Waals surface area contributed by atoms with Crippen LogP contribution in [0.5, 0.6) is 0 Å². The van der Waals surface area contributed by atoms with Gasteiger partial charge in [-0.1, -0.05) is 41.1 Å². The summed E-state index contributed by atoms with van der Waals surface area (Å²) in [6, 6.07) is 13.8. The Balaban J connectivity index is 2.16. The second kappa shape index (κ2) is 6.06. The number of aromatic nitrogens is 1. The zero-order valence-corrected chi connectivity index (χ0v) is 11.6. The maximum Gasteiger partial charge on any atom is 0.188 e. The number of nitrogens with zero attached hydrogens (tertiary/aromatic N) is 3. The molecule has 1 aromatic carbocycles. The Morgan fingerprint density at radius 1 is 1.25 bits per heavy atom. The summed E-state index contributed by atoms with van der Waals surface area (Å²) in [6.45, 7) is 2.81. The first-order valence-corrected chi connectivity index (χ1v) is 6.32. The molecule has 0 radical (unpaired) electrons. The number of hydrogen-bond donors (Lipinski definition) is 2. The molecule has 0 atom stereocenters. The lowest BCUT2D eigenvalue weighted by molar-refractivity contribution is 0.318. The molecule has 0 saturated carbocycles. The van der Waals surface area contributed by atoms with Crippen molar-refractivity contribution < 1.29 is 5.21 Å². The highest BCUT2D eigenvalue weighted by Crippen LogP contribution is 2.14. The van der Waals surface area contributed by atoms with Gasteiger partial charge in [-0.25, -0.2) is 4.98 Å².